The van der Waals surface area contributed by atoms with E-state index in [0.29, 0.717) is 6.04 Å². The molecule has 1 aliphatic rings. The summed E-state index contributed by atoms with van der Waals surface area (Å²) in [6.45, 7) is 9.05. The van der Waals surface area contributed by atoms with E-state index in [4.69, 9.17) is 0 Å². The van der Waals surface area contributed by atoms with Gasteiger partial charge in [-0.2, -0.15) is 0 Å². The van der Waals surface area contributed by atoms with Crippen molar-refractivity contribution in [2.24, 2.45) is 0 Å². The third-order valence-electron chi connectivity index (χ3n) is 4.17. The zero-order valence-electron chi connectivity index (χ0n) is 13.7. The molecule has 120 valence electrons. The molecule has 1 fully saturated rings. The number of benzene rings is 1. The van der Waals surface area contributed by atoms with Crippen molar-refractivity contribution in [3.63, 3.8) is 0 Å². The fourth-order valence-electron chi connectivity index (χ4n) is 3.05. The maximum Gasteiger partial charge on any atom is 0.144 e. The number of anilines is 1. The van der Waals surface area contributed by atoms with E-state index in [2.05, 4.69) is 58.0 Å². The summed E-state index contributed by atoms with van der Waals surface area (Å²) in [5.74, 6) is 0.861. The minimum Gasteiger partial charge on any atom is -0.365 e. The van der Waals surface area contributed by atoms with Gasteiger partial charge in [0.05, 0.1) is 18.1 Å². The average Bonchev–Trinajstić information content (AvgIpc) is 2.97. The predicted octanol–water partition coefficient (Wildman–Crippen LogP) is 3.20. The Labute approximate surface area is 138 Å². The third kappa shape index (κ3) is 4.39. The zero-order valence-corrected chi connectivity index (χ0v) is 13.7. The summed E-state index contributed by atoms with van der Waals surface area (Å²) in [5, 5.41) is 3.50. The number of hydrogen-bond donors (Lipinski definition) is 1. The van der Waals surface area contributed by atoms with Crippen LogP contribution in [0, 0.1) is 6.92 Å². The number of hydrogen-bond acceptors (Lipinski definition) is 4. The fourth-order valence-corrected chi connectivity index (χ4v) is 3.05. The van der Waals surface area contributed by atoms with Crippen molar-refractivity contribution in [2.45, 2.75) is 32.4 Å². The molecular weight excluding hydrogens is 284 g/mol. The Bertz CT molecular complexity index is 651. The molecule has 2 aromatic rings. The molecule has 4 heteroatoms. The molecule has 1 N–H and O–H groups in total. The second-order valence-electron chi connectivity index (χ2n) is 6.24. The molecule has 1 aromatic heterocycles. The molecule has 2 heterocycles. The summed E-state index contributed by atoms with van der Waals surface area (Å²) >= 11 is 0. The summed E-state index contributed by atoms with van der Waals surface area (Å²) in [7, 11) is 0. The van der Waals surface area contributed by atoms with Crippen LogP contribution < -0.4 is 5.32 Å². The van der Waals surface area contributed by atoms with Crippen LogP contribution in [0.5, 0.6) is 0 Å². The van der Waals surface area contributed by atoms with E-state index in [1.807, 2.05) is 18.5 Å². The molecule has 0 saturated carbocycles. The number of rotatable bonds is 6. The van der Waals surface area contributed by atoms with Gasteiger partial charge in [0, 0.05) is 32.1 Å². The number of nitrogens with one attached hydrogen (secondary N) is 1. The van der Waals surface area contributed by atoms with Crippen LogP contribution >= 0.6 is 0 Å². The van der Waals surface area contributed by atoms with E-state index in [0.717, 1.165) is 44.0 Å². The van der Waals surface area contributed by atoms with Crippen LogP contribution in [0.15, 0.2) is 49.3 Å². The molecule has 1 aromatic carbocycles. The van der Waals surface area contributed by atoms with Crippen molar-refractivity contribution < 1.29 is 0 Å². The Morgan fingerprint density at radius 1 is 1.35 bits per heavy atom. The largest absolute Gasteiger partial charge is 0.365 e. The first-order valence-electron chi connectivity index (χ1n) is 8.19. The van der Waals surface area contributed by atoms with Crippen molar-refractivity contribution >= 4 is 5.82 Å². The second kappa shape index (κ2) is 7.38. The molecule has 0 unspecified atom stereocenters. The van der Waals surface area contributed by atoms with Gasteiger partial charge in [0.15, 0.2) is 0 Å². The lowest BCUT2D eigenvalue weighted by atomic mass is 10.1. The van der Waals surface area contributed by atoms with Crippen LogP contribution in [0.3, 0.4) is 0 Å². The summed E-state index contributed by atoms with van der Waals surface area (Å²) in [4.78, 5) is 11.3. The van der Waals surface area contributed by atoms with Gasteiger partial charge in [-0.1, -0.05) is 35.9 Å². The SMILES string of the molecule is C=CCc1cnc(N[C@@H]2CCN(Cc3cccc(C)c3)C2)cn1. The van der Waals surface area contributed by atoms with E-state index in [9.17, 15) is 0 Å². The average molecular weight is 308 g/mol. The number of likely N-dealkylation sites (tertiary alicyclic amines) is 1. The highest BCUT2D eigenvalue weighted by atomic mass is 15.2. The van der Waals surface area contributed by atoms with Crippen molar-refractivity contribution in [1.82, 2.24) is 14.9 Å². The molecule has 0 amide bonds. The number of aromatic nitrogens is 2. The van der Waals surface area contributed by atoms with E-state index in [1.165, 1.54) is 11.1 Å². The van der Waals surface area contributed by atoms with E-state index >= 15 is 0 Å². The Morgan fingerprint density at radius 2 is 2.26 bits per heavy atom. The van der Waals surface area contributed by atoms with Gasteiger partial charge in [-0.05, 0) is 18.9 Å². The Hall–Kier alpha value is -2.20. The lowest BCUT2D eigenvalue weighted by Crippen LogP contribution is -2.26. The first-order valence-corrected chi connectivity index (χ1v) is 8.19. The molecule has 4 nitrogen and oxygen atoms in total. The Morgan fingerprint density at radius 3 is 3.00 bits per heavy atom. The lowest BCUT2D eigenvalue weighted by Gasteiger charge is -2.17. The van der Waals surface area contributed by atoms with Crippen LogP contribution in [-0.2, 0) is 13.0 Å². The molecule has 0 spiro atoms. The monoisotopic (exact) mass is 308 g/mol. The molecule has 0 radical (unpaired) electrons. The standard InChI is InChI=1S/C19H24N4/c1-3-5-17-11-21-19(12-20-17)22-18-8-9-23(14-18)13-16-7-4-6-15(2)10-16/h3-4,6-7,10-12,18H,1,5,8-9,13-14H2,2H3,(H,21,22)/t18-/m1/s1. The van der Waals surface area contributed by atoms with Gasteiger partial charge in [-0.25, -0.2) is 4.98 Å². The molecule has 1 saturated heterocycles. The highest BCUT2D eigenvalue weighted by Gasteiger charge is 2.22. The van der Waals surface area contributed by atoms with Gasteiger partial charge in [0.2, 0.25) is 0 Å². The van der Waals surface area contributed by atoms with Gasteiger partial charge in [0.1, 0.15) is 5.82 Å². The maximum atomic E-state index is 4.44. The minimum atomic E-state index is 0.444. The van der Waals surface area contributed by atoms with Gasteiger partial charge in [-0.15, -0.1) is 6.58 Å². The third-order valence-corrected chi connectivity index (χ3v) is 4.17. The minimum absolute atomic E-state index is 0.444. The van der Waals surface area contributed by atoms with Gasteiger partial charge in [0.25, 0.3) is 0 Å². The van der Waals surface area contributed by atoms with Crippen LogP contribution in [0.1, 0.15) is 23.2 Å². The van der Waals surface area contributed by atoms with Gasteiger partial charge < -0.3 is 5.32 Å². The number of aryl methyl sites for hydroxylation is 1. The van der Waals surface area contributed by atoms with Gasteiger partial charge >= 0.3 is 0 Å². The van der Waals surface area contributed by atoms with Crippen LogP contribution in [0.25, 0.3) is 0 Å². The molecule has 1 atom stereocenters. The lowest BCUT2D eigenvalue weighted by molar-refractivity contribution is 0.328. The summed E-state index contributed by atoms with van der Waals surface area (Å²) < 4.78 is 0. The molecule has 23 heavy (non-hydrogen) atoms. The van der Waals surface area contributed by atoms with Crippen molar-refractivity contribution in [3.05, 3.63) is 66.1 Å². The molecule has 0 bridgehead atoms. The van der Waals surface area contributed by atoms with Crippen LogP contribution in [0.4, 0.5) is 5.82 Å². The quantitative estimate of drug-likeness (QED) is 0.832. The normalized spacial score (nSPS) is 18.0. The Kier molecular flexibility index (Phi) is 5.03. The summed E-state index contributed by atoms with van der Waals surface area (Å²) in [6, 6.07) is 9.20. The fraction of sp³-hybridized carbons (Fsp3) is 0.368. The molecule has 0 aliphatic carbocycles. The molecule has 1 aliphatic heterocycles. The highest BCUT2D eigenvalue weighted by Crippen LogP contribution is 2.17. The first kappa shape index (κ1) is 15.7. The predicted molar refractivity (Wildman–Crippen MR) is 94.4 cm³/mol. The smallest absolute Gasteiger partial charge is 0.144 e. The van der Waals surface area contributed by atoms with Crippen molar-refractivity contribution in [3.8, 4) is 0 Å². The van der Waals surface area contributed by atoms with Crippen molar-refractivity contribution in [1.29, 1.82) is 0 Å². The molecule has 3 rings (SSSR count). The van der Waals surface area contributed by atoms with Crippen LogP contribution in [0.2, 0.25) is 0 Å². The van der Waals surface area contributed by atoms with Crippen molar-refractivity contribution in [2.75, 3.05) is 18.4 Å². The molecular formula is C19H24N4. The van der Waals surface area contributed by atoms with E-state index < -0.39 is 0 Å². The topological polar surface area (TPSA) is 41.1 Å². The first-order chi connectivity index (χ1) is 11.2. The second-order valence-corrected chi connectivity index (χ2v) is 6.24. The van der Waals surface area contributed by atoms with Gasteiger partial charge in [-0.3, -0.25) is 9.88 Å². The van der Waals surface area contributed by atoms with Crippen LogP contribution in [-0.4, -0.2) is 34.0 Å². The summed E-state index contributed by atoms with van der Waals surface area (Å²) in [6.07, 6.45) is 7.39. The maximum absolute atomic E-state index is 4.44. The Balaban J connectivity index is 1.52. The van der Waals surface area contributed by atoms with E-state index in [-0.39, 0.29) is 0 Å². The highest BCUT2D eigenvalue weighted by molar-refractivity contribution is 5.33. The van der Waals surface area contributed by atoms with E-state index in [1.54, 1.807) is 0 Å². The zero-order chi connectivity index (χ0) is 16.1. The number of allylic oxidation sites excluding steroid dienone is 1. The number of nitrogens with zero attached hydrogens (tertiary/aromatic N) is 3. The summed E-state index contributed by atoms with van der Waals surface area (Å²) in [5.41, 5.74) is 3.67.